The molecule has 1 aromatic rings. The van der Waals surface area contributed by atoms with Crippen LogP contribution in [0, 0.1) is 0 Å². The first-order valence-corrected chi connectivity index (χ1v) is 7.79. The molecule has 0 bridgehead atoms. The van der Waals surface area contributed by atoms with Crippen molar-refractivity contribution in [3.05, 3.63) is 18.0 Å². The molecule has 20 heavy (non-hydrogen) atoms. The van der Waals surface area contributed by atoms with Crippen molar-refractivity contribution in [3.8, 4) is 0 Å². The van der Waals surface area contributed by atoms with Gasteiger partial charge in [-0.25, -0.2) is 0 Å². The fourth-order valence-corrected chi connectivity index (χ4v) is 3.27. The smallest absolute Gasteiger partial charge is 0.0762 e. The molecule has 2 fully saturated rings. The Kier molecular flexibility index (Phi) is 4.38. The lowest BCUT2D eigenvalue weighted by molar-refractivity contribution is 0.0110. The van der Waals surface area contributed by atoms with E-state index in [2.05, 4.69) is 27.4 Å². The van der Waals surface area contributed by atoms with Crippen LogP contribution in [0.4, 0.5) is 0 Å². The molecule has 1 aliphatic carbocycles. The molecule has 2 N–H and O–H groups in total. The lowest BCUT2D eigenvalue weighted by atomic mass is 9.91. The molecule has 2 aliphatic rings. The van der Waals surface area contributed by atoms with Crippen LogP contribution in [0.15, 0.2) is 12.3 Å². The van der Waals surface area contributed by atoms with Crippen molar-refractivity contribution in [1.82, 2.24) is 15.1 Å². The van der Waals surface area contributed by atoms with E-state index in [1.54, 1.807) is 0 Å². The van der Waals surface area contributed by atoms with Crippen LogP contribution in [0.2, 0.25) is 0 Å². The van der Waals surface area contributed by atoms with Crippen LogP contribution in [0.5, 0.6) is 0 Å². The summed E-state index contributed by atoms with van der Waals surface area (Å²) in [7, 11) is 0. The molecule has 1 aromatic heterocycles. The van der Waals surface area contributed by atoms with Gasteiger partial charge >= 0.3 is 0 Å². The molecule has 0 spiro atoms. The predicted molar refractivity (Wildman–Crippen MR) is 76.4 cm³/mol. The zero-order valence-corrected chi connectivity index (χ0v) is 12.1. The summed E-state index contributed by atoms with van der Waals surface area (Å²) in [6.45, 7) is 2.34. The number of aromatic nitrogens is 2. The summed E-state index contributed by atoms with van der Waals surface area (Å²) in [5, 5.41) is 17.8. The number of hydrogen-bond acceptors (Lipinski definition) is 4. The van der Waals surface area contributed by atoms with Crippen molar-refractivity contribution in [2.75, 3.05) is 19.8 Å². The normalized spacial score (nSPS) is 23.2. The molecule has 0 unspecified atom stereocenters. The van der Waals surface area contributed by atoms with E-state index in [0.29, 0.717) is 6.04 Å². The number of nitrogens with zero attached hydrogens (tertiary/aromatic N) is 2. The molecule has 3 rings (SSSR count). The maximum absolute atomic E-state index is 9.65. The van der Waals surface area contributed by atoms with Gasteiger partial charge in [0.05, 0.1) is 18.3 Å². The van der Waals surface area contributed by atoms with Gasteiger partial charge in [0.15, 0.2) is 0 Å². The van der Waals surface area contributed by atoms with Crippen LogP contribution >= 0.6 is 0 Å². The third kappa shape index (κ3) is 3.05. The van der Waals surface area contributed by atoms with Gasteiger partial charge in [0.25, 0.3) is 0 Å². The first kappa shape index (κ1) is 14.0. The second kappa shape index (κ2) is 6.24. The Hall–Kier alpha value is -0.910. The zero-order valence-electron chi connectivity index (χ0n) is 12.1. The van der Waals surface area contributed by atoms with Crippen molar-refractivity contribution >= 4 is 0 Å². The van der Waals surface area contributed by atoms with Gasteiger partial charge in [0, 0.05) is 31.5 Å². The monoisotopic (exact) mass is 279 g/mol. The molecular formula is C15H25N3O2. The van der Waals surface area contributed by atoms with E-state index < -0.39 is 0 Å². The highest BCUT2D eigenvalue weighted by atomic mass is 16.5. The van der Waals surface area contributed by atoms with Gasteiger partial charge in [0.2, 0.25) is 0 Å². The van der Waals surface area contributed by atoms with E-state index in [-0.39, 0.29) is 12.1 Å². The van der Waals surface area contributed by atoms with E-state index in [9.17, 15) is 5.11 Å². The first-order valence-electron chi connectivity index (χ1n) is 7.79. The summed E-state index contributed by atoms with van der Waals surface area (Å²) >= 11 is 0. The number of nitrogens with one attached hydrogen (secondary N) is 1. The first-order chi connectivity index (χ1) is 9.81. The Morgan fingerprint density at radius 2 is 2.10 bits per heavy atom. The molecule has 5 nitrogen and oxygen atoms in total. The van der Waals surface area contributed by atoms with Crippen LogP contribution < -0.4 is 5.32 Å². The maximum Gasteiger partial charge on any atom is 0.0762 e. The third-order valence-electron chi connectivity index (χ3n) is 4.76. The largest absolute Gasteiger partial charge is 0.394 e. The highest BCUT2D eigenvalue weighted by Gasteiger charge is 2.31. The lowest BCUT2D eigenvalue weighted by Crippen LogP contribution is -2.51. The molecule has 0 aromatic carbocycles. The number of ether oxygens (including phenoxy) is 1. The summed E-state index contributed by atoms with van der Waals surface area (Å²) in [4.78, 5) is 0. The Labute approximate surface area is 120 Å². The molecule has 0 atom stereocenters. The average molecular weight is 279 g/mol. The lowest BCUT2D eigenvalue weighted by Gasteiger charge is -2.36. The van der Waals surface area contributed by atoms with Gasteiger partial charge in [-0.15, -0.1) is 0 Å². The molecule has 1 saturated carbocycles. The van der Waals surface area contributed by atoms with E-state index in [4.69, 9.17) is 4.74 Å². The van der Waals surface area contributed by atoms with Gasteiger partial charge in [0.1, 0.15) is 0 Å². The van der Waals surface area contributed by atoms with Crippen LogP contribution in [0.25, 0.3) is 0 Å². The molecule has 112 valence electrons. The number of rotatable bonds is 5. The van der Waals surface area contributed by atoms with Gasteiger partial charge in [-0.3, -0.25) is 4.68 Å². The Bertz CT molecular complexity index is 421. The second-order valence-corrected chi connectivity index (χ2v) is 6.13. The van der Waals surface area contributed by atoms with Crippen molar-refractivity contribution in [2.45, 2.75) is 56.7 Å². The van der Waals surface area contributed by atoms with Crippen LogP contribution in [0.1, 0.15) is 50.3 Å². The van der Waals surface area contributed by atoms with Crippen molar-refractivity contribution in [1.29, 1.82) is 0 Å². The molecule has 0 radical (unpaired) electrons. The minimum absolute atomic E-state index is 0.166. The van der Waals surface area contributed by atoms with Crippen molar-refractivity contribution in [2.24, 2.45) is 0 Å². The van der Waals surface area contributed by atoms with Crippen LogP contribution in [-0.2, 0) is 11.3 Å². The quantitative estimate of drug-likeness (QED) is 0.860. The summed E-state index contributed by atoms with van der Waals surface area (Å²) < 4.78 is 7.50. The van der Waals surface area contributed by atoms with E-state index >= 15 is 0 Å². The van der Waals surface area contributed by atoms with Gasteiger partial charge in [-0.2, -0.15) is 5.10 Å². The average Bonchev–Trinajstić information content (AvgIpc) is 3.17. The maximum atomic E-state index is 9.65. The fourth-order valence-electron chi connectivity index (χ4n) is 3.27. The minimum atomic E-state index is -0.185. The Morgan fingerprint density at radius 1 is 1.35 bits per heavy atom. The summed E-state index contributed by atoms with van der Waals surface area (Å²) in [6.07, 6.45) is 9.00. The minimum Gasteiger partial charge on any atom is -0.394 e. The molecule has 5 heteroatoms. The number of aliphatic hydroxyl groups is 1. The van der Waals surface area contributed by atoms with Gasteiger partial charge in [-0.05, 0) is 31.7 Å². The van der Waals surface area contributed by atoms with E-state index in [1.165, 1.54) is 25.7 Å². The molecule has 0 amide bonds. The summed E-state index contributed by atoms with van der Waals surface area (Å²) in [5.41, 5.74) is 0.881. The molecule has 1 saturated heterocycles. The third-order valence-corrected chi connectivity index (χ3v) is 4.76. The molecule has 1 aliphatic heterocycles. The van der Waals surface area contributed by atoms with Crippen LogP contribution in [-0.4, -0.2) is 40.2 Å². The highest BCUT2D eigenvalue weighted by Crippen LogP contribution is 2.28. The predicted octanol–water partition coefficient (Wildman–Crippen LogP) is 1.63. The number of hydrogen-bond donors (Lipinski definition) is 2. The zero-order chi connectivity index (χ0) is 13.8. The standard InChI is InChI=1S/C15H25N3O2/c19-12-15(6-9-20-10-7-15)16-11-13-5-8-18(17-13)14-3-1-2-4-14/h5,8,14,16,19H,1-4,6-7,9-12H2. The topological polar surface area (TPSA) is 59.3 Å². The number of aliphatic hydroxyl groups excluding tert-OH is 1. The summed E-state index contributed by atoms with van der Waals surface area (Å²) in [5.74, 6) is 0. The van der Waals surface area contributed by atoms with Crippen LogP contribution in [0.3, 0.4) is 0 Å². The van der Waals surface area contributed by atoms with Gasteiger partial charge in [-0.1, -0.05) is 12.8 Å². The fraction of sp³-hybridized carbons (Fsp3) is 0.800. The van der Waals surface area contributed by atoms with Gasteiger partial charge < -0.3 is 15.2 Å². The summed E-state index contributed by atoms with van der Waals surface area (Å²) in [6, 6.07) is 2.69. The Balaban J connectivity index is 1.57. The SMILES string of the molecule is OCC1(NCc2ccn(C3CCCC3)n2)CCOCC1. The van der Waals surface area contributed by atoms with E-state index in [1.807, 2.05) is 0 Å². The molecular weight excluding hydrogens is 254 g/mol. The Morgan fingerprint density at radius 3 is 2.80 bits per heavy atom. The van der Waals surface area contributed by atoms with Crippen molar-refractivity contribution in [3.63, 3.8) is 0 Å². The van der Waals surface area contributed by atoms with Crippen molar-refractivity contribution < 1.29 is 9.84 Å². The van der Waals surface area contributed by atoms with E-state index in [0.717, 1.165) is 38.3 Å². The highest BCUT2D eigenvalue weighted by molar-refractivity contribution is 5.02. The second-order valence-electron chi connectivity index (χ2n) is 6.13. The molecule has 2 heterocycles.